The molecule has 2 saturated carbocycles. The number of aliphatic hydroxyl groups excluding tert-OH is 2. The van der Waals surface area contributed by atoms with Crippen LogP contribution in [-0.2, 0) is 4.74 Å². The van der Waals surface area contributed by atoms with Gasteiger partial charge in [-0.05, 0) is 43.6 Å². The van der Waals surface area contributed by atoms with Crippen molar-refractivity contribution >= 4 is 0 Å². The van der Waals surface area contributed by atoms with Gasteiger partial charge in [-0.1, -0.05) is 20.4 Å². The predicted molar refractivity (Wildman–Crippen MR) is 73.6 cm³/mol. The minimum Gasteiger partial charge on any atom is -0.393 e. The quantitative estimate of drug-likeness (QED) is 0.660. The van der Waals surface area contributed by atoms with Gasteiger partial charge < -0.3 is 14.9 Å². The third-order valence-electron chi connectivity index (χ3n) is 6.75. The zero-order chi connectivity index (χ0) is 14.0. The van der Waals surface area contributed by atoms with E-state index >= 15 is 0 Å². The number of rotatable bonds is 0. The molecule has 2 N–H and O–H groups in total. The molecular weight excluding hydrogens is 240 g/mol. The lowest BCUT2D eigenvalue weighted by Gasteiger charge is -2.47. The Morgan fingerprint density at radius 2 is 1.95 bits per heavy atom. The molecule has 1 aliphatic heterocycles. The molecular formula is C16H26O3. The molecule has 7 atom stereocenters. The van der Waals surface area contributed by atoms with E-state index in [0.29, 0.717) is 12.5 Å². The Labute approximate surface area is 115 Å². The molecule has 0 unspecified atom stereocenters. The van der Waals surface area contributed by atoms with E-state index in [1.807, 2.05) is 6.92 Å². The van der Waals surface area contributed by atoms with Crippen molar-refractivity contribution in [3.8, 4) is 0 Å². The van der Waals surface area contributed by atoms with Crippen molar-refractivity contribution in [2.75, 3.05) is 6.61 Å². The summed E-state index contributed by atoms with van der Waals surface area (Å²) in [5.41, 5.74) is 0.448. The van der Waals surface area contributed by atoms with Gasteiger partial charge in [0.05, 0.1) is 24.9 Å². The molecule has 3 heteroatoms. The summed E-state index contributed by atoms with van der Waals surface area (Å²) in [5.74, 6) is 0.586. The van der Waals surface area contributed by atoms with Gasteiger partial charge in [-0.3, -0.25) is 0 Å². The number of hydrogen-bond donors (Lipinski definition) is 2. The average molecular weight is 266 g/mol. The van der Waals surface area contributed by atoms with E-state index in [2.05, 4.69) is 20.4 Å². The van der Waals surface area contributed by atoms with E-state index in [9.17, 15) is 10.2 Å². The summed E-state index contributed by atoms with van der Waals surface area (Å²) in [6, 6.07) is 0. The van der Waals surface area contributed by atoms with Gasteiger partial charge in [0.2, 0.25) is 0 Å². The van der Waals surface area contributed by atoms with E-state index < -0.39 is 6.10 Å². The van der Waals surface area contributed by atoms with Crippen LogP contribution in [0.4, 0.5) is 0 Å². The van der Waals surface area contributed by atoms with Gasteiger partial charge in [-0.15, -0.1) is 0 Å². The standard InChI is InChI=1S/C16H26O3/c1-9-5-6-13(17)12-7-16(14(18)15(9,12)4)10(2)8-19-11(16)3/h9,11-14,17-18H,2,5-8H2,1,3-4H3/t9-,11+,12-,13-,14-,15+,16+/m1/s1. The van der Waals surface area contributed by atoms with Crippen molar-refractivity contribution in [1.82, 2.24) is 0 Å². The molecule has 1 saturated heterocycles. The fraction of sp³-hybridized carbons (Fsp3) is 0.875. The summed E-state index contributed by atoms with van der Waals surface area (Å²) in [5, 5.41) is 21.5. The first-order valence-electron chi connectivity index (χ1n) is 7.51. The monoisotopic (exact) mass is 266 g/mol. The van der Waals surface area contributed by atoms with E-state index in [1.54, 1.807) is 0 Å². The fourth-order valence-electron chi connectivity index (χ4n) is 5.09. The highest BCUT2D eigenvalue weighted by atomic mass is 16.5. The van der Waals surface area contributed by atoms with Gasteiger partial charge in [0.15, 0.2) is 0 Å². The number of aliphatic hydroxyl groups is 2. The Kier molecular flexibility index (Phi) is 2.91. The topological polar surface area (TPSA) is 49.7 Å². The van der Waals surface area contributed by atoms with Gasteiger partial charge in [0.25, 0.3) is 0 Å². The molecule has 3 nitrogen and oxygen atoms in total. The lowest BCUT2D eigenvalue weighted by molar-refractivity contribution is -0.101. The van der Waals surface area contributed by atoms with Crippen LogP contribution in [0.1, 0.15) is 40.0 Å². The van der Waals surface area contributed by atoms with Crippen LogP contribution in [0, 0.1) is 22.7 Å². The maximum atomic E-state index is 11.1. The molecule has 0 radical (unpaired) electrons. The van der Waals surface area contributed by atoms with Crippen molar-refractivity contribution < 1.29 is 14.9 Å². The molecule has 3 aliphatic rings. The van der Waals surface area contributed by atoms with Crippen molar-refractivity contribution in [3.63, 3.8) is 0 Å². The molecule has 108 valence electrons. The summed E-state index contributed by atoms with van der Waals surface area (Å²) in [6.07, 6.45) is 1.90. The summed E-state index contributed by atoms with van der Waals surface area (Å²) < 4.78 is 5.75. The highest BCUT2D eigenvalue weighted by Gasteiger charge is 2.67. The Bertz CT molecular complexity index is 407. The normalized spacial score (nSPS) is 57.7. The molecule has 19 heavy (non-hydrogen) atoms. The van der Waals surface area contributed by atoms with E-state index in [1.165, 1.54) is 0 Å². The number of hydrogen-bond acceptors (Lipinski definition) is 3. The maximum absolute atomic E-state index is 11.1. The van der Waals surface area contributed by atoms with E-state index in [0.717, 1.165) is 24.8 Å². The fourth-order valence-corrected chi connectivity index (χ4v) is 5.09. The second kappa shape index (κ2) is 4.06. The molecule has 0 bridgehead atoms. The largest absolute Gasteiger partial charge is 0.393 e. The molecule has 3 fully saturated rings. The highest BCUT2D eigenvalue weighted by Crippen LogP contribution is 2.65. The molecule has 0 aromatic rings. The molecule has 0 amide bonds. The van der Waals surface area contributed by atoms with Crippen LogP contribution in [0.3, 0.4) is 0 Å². The smallest absolute Gasteiger partial charge is 0.0718 e. The molecule has 0 aromatic carbocycles. The molecule has 2 aliphatic carbocycles. The second-order valence-electron chi connectivity index (χ2n) is 7.22. The molecule has 1 heterocycles. The summed E-state index contributed by atoms with van der Waals surface area (Å²) >= 11 is 0. The van der Waals surface area contributed by atoms with Crippen LogP contribution in [0.2, 0.25) is 0 Å². The van der Waals surface area contributed by atoms with Crippen LogP contribution in [0.5, 0.6) is 0 Å². The minimum absolute atomic E-state index is 0.00294. The Balaban J connectivity index is 2.07. The molecule has 0 aromatic heterocycles. The first-order chi connectivity index (χ1) is 8.85. The maximum Gasteiger partial charge on any atom is 0.0718 e. The van der Waals surface area contributed by atoms with Gasteiger partial charge >= 0.3 is 0 Å². The molecule has 1 spiro atoms. The van der Waals surface area contributed by atoms with Crippen molar-refractivity contribution in [2.24, 2.45) is 22.7 Å². The van der Waals surface area contributed by atoms with Crippen LogP contribution in [0.25, 0.3) is 0 Å². The third kappa shape index (κ3) is 1.44. The van der Waals surface area contributed by atoms with Crippen LogP contribution >= 0.6 is 0 Å². The van der Waals surface area contributed by atoms with Crippen molar-refractivity contribution in [3.05, 3.63) is 12.2 Å². The first kappa shape index (κ1) is 13.6. The van der Waals surface area contributed by atoms with Crippen LogP contribution < -0.4 is 0 Å². The third-order valence-corrected chi connectivity index (χ3v) is 6.75. The highest BCUT2D eigenvalue weighted by molar-refractivity contribution is 5.28. The van der Waals surface area contributed by atoms with Gasteiger partial charge in [0.1, 0.15) is 0 Å². The van der Waals surface area contributed by atoms with Crippen molar-refractivity contribution in [2.45, 2.75) is 58.3 Å². The Morgan fingerprint density at radius 1 is 1.26 bits per heavy atom. The number of fused-ring (bicyclic) bond motifs is 1. The lowest BCUT2D eigenvalue weighted by atomic mass is 9.60. The van der Waals surface area contributed by atoms with Gasteiger partial charge in [0, 0.05) is 10.8 Å². The Morgan fingerprint density at radius 3 is 2.47 bits per heavy atom. The van der Waals surface area contributed by atoms with Crippen LogP contribution in [-0.4, -0.2) is 35.1 Å². The second-order valence-corrected chi connectivity index (χ2v) is 7.22. The SMILES string of the molecule is C=C1CO[C@@H](C)[C@]12C[C@@H]1[C@H](O)CC[C@@H](C)[C@]1(C)[C@H]2O. The van der Waals surface area contributed by atoms with Gasteiger partial charge in [-0.25, -0.2) is 0 Å². The number of ether oxygens (including phenoxy) is 1. The van der Waals surface area contributed by atoms with Gasteiger partial charge in [-0.2, -0.15) is 0 Å². The lowest BCUT2D eigenvalue weighted by Crippen LogP contribution is -2.50. The van der Waals surface area contributed by atoms with E-state index in [4.69, 9.17) is 4.74 Å². The van der Waals surface area contributed by atoms with Crippen molar-refractivity contribution in [1.29, 1.82) is 0 Å². The summed E-state index contributed by atoms with van der Waals surface area (Å²) in [6.45, 7) is 11.1. The summed E-state index contributed by atoms with van der Waals surface area (Å²) in [4.78, 5) is 0. The predicted octanol–water partition coefficient (Wildman–Crippen LogP) is 2.13. The van der Waals surface area contributed by atoms with Crippen LogP contribution in [0.15, 0.2) is 12.2 Å². The molecule has 3 rings (SSSR count). The first-order valence-corrected chi connectivity index (χ1v) is 7.51. The Hall–Kier alpha value is -0.380. The zero-order valence-corrected chi connectivity index (χ0v) is 12.2. The zero-order valence-electron chi connectivity index (χ0n) is 12.2. The van der Waals surface area contributed by atoms with E-state index in [-0.39, 0.29) is 29.0 Å². The average Bonchev–Trinajstić information content (AvgIpc) is 2.80. The summed E-state index contributed by atoms with van der Waals surface area (Å²) in [7, 11) is 0. The minimum atomic E-state index is -0.458.